The van der Waals surface area contributed by atoms with Crippen molar-refractivity contribution in [2.75, 3.05) is 0 Å². The van der Waals surface area contributed by atoms with Crippen molar-refractivity contribution in [3.8, 4) is 5.75 Å². The molecule has 3 N–H and O–H groups in total. The summed E-state index contributed by atoms with van der Waals surface area (Å²) in [6, 6.07) is 6.03. The first-order valence-electron chi connectivity index (χ1n) is 6.66. The molecular formula is C14H18F2N2O2. The summed E-state index contributed by atoms with van der Waals surface area (Å²) in [7, 11) is 0. The molecule has 1 saturated carbocycles. The molecule has 0 spiro atoms. The molecule has 2 rings (SSSR count). The number of rotatable bonds is 4. The van der Waals surface area contributed by atoms with E-state index in [9.17, 15) is 13.6 Å². The van der Waals surface area contributed by atoms with Gasteiger partial charge in [0.2, 0.25) is 0 Å². The van der Waals surface area contributed by atoms with Crippen LogP contribution in [0.25, 0.3) is 0 Å². The highest BCUT2D eigenvalue weighted by Gasteiger charge is 2.20. The van der Waals surface area contributed by atoms with Gasteiger partial charge in [0.25, 0.3) is 5.91 Å². The largest absolute Gasteiger partial charge is 0.435 e. The molecule has 0 unspecified atom stereocenters. The lowest BCUT2D eigenvalue weighted by Crippen LogP contribution is -2.40. The minimum Gasteiger partial charge on any atom is -0.435 e. The third-order valence-electron chi connectivity index (χ3n) is 3.45. The van der Waals surface area contributed by atoms with Crippen molar-refractivity contribution >= 4 is 5.91 Å². The second-order valence-corrected chi connectivity index (χ2v) is 4.99. The molecule has 1 aromatic carbocycles. The fourth-order valence-corrected chi connectivity index (χ4v) is 2.32. The molecule has 6 heteroatoms. The Kier molecular flexibility index (Phi) is 4.89. The van der Waals surface area contributed by atoms with Crippen molar-refractivity contribution in [2.24, 2.45) is 5.73 Å². The Morgan fingerprint density at radius 3 is 2.35 bits per heavy atom. The Balaban J connectivity index is 1.89. The quantitative estimate of drug-likeness (QED) is 0.891. The fourth-order valence-electron chi connectivity index (χ4n) is 2.32. The van der Waals surface area contributed by atoms with E-state index in [1.807, 2.05) is 0 Å². The highest BCUT2D eigenvalue weighted by atomic mass is 19.3. The van der Waals surface area contributed by atoms with Gasteiger partial charge >= 0.3 is 6.61 Å². The first-order valence-corrected chi connectivity index (χ1v) is 6.66. The third kappa shape index (κ3) is 4.16. The van der Waals surface area contributed by atoms with Crippen molar-refractivity contribution in [1.82, 2.24) is 5.32 Å². The molecule has 0 aromatic heterocycles. The second-order valence-electron chi connectivity index (χ2n) is 4.99. The summed E-state index contributed by atoms with van der Waals surface area (Å²) in [5.74, 6) is -0.158. The summed E-state index contributed by atoms with van der Waals surface area (Å²) in [4.78, 5) is 12.0. The van der Waals surface area contributed by atoms with Gasteiger partial charge in [0.05, 0.1) is 0 Å². The van der Waals surface area contributed by atoms with E-state index in [4.69, 9.17) is 5.73 Å². The summed E-state index contributed by atoms with van der Waals surface area (Å²) >= 11 is 0. The topological polar surface area (TPSA) is 64.3 Å². The van der Waals surface area contributed by atoms with Gasteiger partial charge in [-0.1, -0.05) is 0 Å². The highest BCUT2D eigenvalue weighted by Crippen LogP contribution is 2.18. The molecule has 1 amide bonds. The predicted molar refractivity (Wildman–Crippen MR) is 70.8 cm³/mol. The molecule has 0 bridgehead atoms. The molecule has 4 nitrogen and oxygen atoms in total. The van der Waals surface area contributed by atoms with Gasteiger partial charge in [-0.25, -0.2) is 0 Å². The van der Waals surface area contributed by atoms with Crippen molar-refractivity contribution in [1.29, 1.82) is 0 Å². The third-order valence-corrected chi connectivity index (χ3v) is 3.45. The van der Waals surface area contributed by atoms with E-state index in [1.165, 1.54) is 24.3 Å². The summed E-state index contributed by atoms with van der Waals surface area (Å²) in [5, 5.41) is 2.93. The van der Waals surface area contributed by atoms with Crippen LogP contribution in [0.5, 0.6) is 5.75 Å². The van der Waals surface area contributed by atoms with Crippen LogP contribution in [-0.4, -0.2) is 24.6 Å². The monoisotopic (exact) mass is 284 g/mol. The van der Waals surface area contributed by atoms with Crippen LogP contribution in [-0.2, 0) is 0 Å². The number of amides is 1. The molecule has 0 atom stereocenters. The second kappa shape index (κ2) is 6.65. The molecule has 1 aliphatic carbocycles. The fraction of sp³-hybridized carbons (Fsp3) is 0.500. The van der Waals surface area contributed by atoms with Crippen LogP contribution in [0.4, 0.5) is 8.78 Å². The molecule has 110 valence electrons. The van der Waals surface area contributed by atoms with Crippen LogP contribution >= 0.6 is 0 Å². The van der Waals surface area contributed by atoms with Gasteiger partial charge in [0.15, 0.2) is 0 Å². The number of halogens is 2. The van der Waals surface area contributed by atoms with Crippen LogP contribution in [0, 0.1) is 0 Å². The molecular weight excluding hydrogens is 266 g/mol. The predicted octanol–water partition coefficient (Wildman–Crippen LogP) is 2.29. The lowest BCUT2D eigenvalue weighted by atomic mass is 9.91. The Bertz CT molecular complexity index is 443. The van der Waals surface area contributed by atoms with E-state index in [1.54, 1.807) is 0 Å². The maximum Gasteiger partial charge on any atom is 0.387 e. The maximum absolute atomic E-state index is 12.0. The van der Waals surface area contributed by atoms with Gasteiger partial charge in [-0.2, -0.15) is 8.78 Å². The standard InChI is InChI=1S/C14H18F2N2O2/c15-14(16)20-12-7-1-9(2-8-12)13(19)18-11-5-3-10(17)4-6-11/h1-2,7-8,10-11,14H,3-6,17H2,(H,18,19). The molecule has 0 aliphatic heterocycles. The summed E-state index contributed by atoms with van der Waals surface area (Å²) in [5.41, 5.74) is 6.24. The van der Waals surface area contributed by atoms with Gasteiger partial charge < -0.3 is 15.8 Å². The summed E-state index contributed by atoms with van der Waals surface area (Å²) < 4.78 is 28.2. The Hall–Kier alpha value is -1.69. The molecule has 1 aromatic rings. The maximum atomic E-state index is 12.0. The first kappa shape index (κ1) is 14.7. The molecule has 0 heterocycles. The summed E-state index contributed by atoms with van der Waals surface area (Å²) in [6.07, 6.45) is 3.57. The van der Waals surface area contributed by atoms with E-state index in [2.05, 4.69) is 10.1 Å². The number of benzene rings is 1. The van der Waals surface area contributed by atoms with Crippen LogP contribution in [0.15, 0.2) is 24.3 Å². The number of hydrogen-bond acceptors (Lipinski definition) is 3. The van der Waals surface area contributed by atoms with E-state index >= 15 is 0 Å². The van der Waals surface area contributed by atoms with Crippen molar-refractivity contribution in [3.63, 3.8) is 0 Å². The molecule has 1 fully saturated rings. The normalized spacial score (nSPS) is 22.6. The van der Waals surface area contributed by atoms with Crippen molar-refractivity contribution < 1.29 is 18.3 Å². The average Bonchev–Trinajstić information content (AvgIpc) is 2.41. The first-order chi connectivity index (χ1) is 9.54. The van der Waals surface area contributed by atoms with Crippen LogP contribution in [0.3, 0.4) is 0 Å². The zero-order valence-electron chi connectivity index (χ0n) is 11.0. The number of hydrogen-bond donors (Lipinski definition) is 2. The minimum absolute atomic E-state index is 0.0418. The lowest BCUT2D eigenvalue weighted by Gasteiger charge is -2.26. The zero-order chi connectivity index (χ0) is 14.5. The Morgan fingerprint density at radius 1 is 1.20 bits per heavy atom. The highest BCUT2D eigenvalue weighted by molar-refractivity contribution is 5.94. The summed E-state index contributed by atoms with van der Waals surface area (Å²) in [6.45, 7) is -2.86. The van der Waals surface area contributed by atoms with E-state index in [-0.39, 0.29) is 23.7 Å². The van der Waals surface area contributed by atoms with E-state index in [0.29, 0.717) is 5.56 Å². The van der Waals surface area contributed by atoms with Gasteiger partial charge in [-0.05, 0) is 49.9 Å². The van der Waals surface area contributed by atoms with Crippen LogP contribution in [0.1, 0.15) is 36.0 Å². The zero-order valence-corrected chi connectivity index (χ0v) is 11.0. The SMILES string of the molecule is NC1CCC(NC(=O)c2ccc(OC(F)F)cc2)CC1. The van der Waals surface area contributed by atoms with Crippen LogP contribution in [0.2, 0.25) is 0 Å². The lowest BCUT2D eigenvalue weighted by molar-refractivity contribution is -0.0498. The van der Waals surface area contributed by atoms with Crippen LogP contribution < -0.4 is 15.8 Å². The van der Waals surface area contributed by atoms with E-state index in [0.717, 1.165) is 25.7 Å². The number of ether oxygens (including phenoxy) is 1. The minimum atomic E-state index is -2.86. The van der Waals surface area contributed by atoms with E-state index < -0.39 is 6.61 Å². The number of nitrogens with one attached hydrogen (secondary N) is 1. The van der Waals surface area contributed by atoms with Crippen molar-refractivity contribution in [3.05, 3.63) is 29.8 Å². The molecule has 20 heavy (non-hydrogen) atoms. The van der Waals surface area contributed by atoms with Crippen molar-refractivity contribution in [2.45, 2.75) is 44.4 Å². The van der Waals surface area contributed by atoms with Gasteiger partial charge in [-0.3, -0.25) is 4.79 Å². The number of alkyl halides is 2. The molecule has 0 saturated heterocycles. The van der Waals surface area contributed by atoms with Gasteiger partial charge in [0, 0.05) is 17.6 Å². The van der Waals surface area contributed by atoms with Gasteiger partial charge in [0.1, 0.15) is 5.75 Å². The number of nitrogens with two attached hydrogens (primary N) is 1. The smallest absolute Gasteiger partial charge is 0.387 e. The molecule has 1 aliphatic rings. The van der Waals surface area contributed by atoms with Gasteiger partial charge in [-0.15, -0.1) is 0 Å². The Labute approximate surface area is 116 Å². The number of carbonyl (C=O) groups is 1. The Morgan fingerprint density at radius 2 is 1.80 bits per heavy atom. The number of carbonyl (C=O) groups excluding carboxylic acids is 1. The average molecular weight is 284 g/mol. The molecule has 0 radical (unpaired) electrons.